The molecule has 9 heteroatoms. The minimum Gasteiger partial charge on any atom is -0.379 e. The van der Waals surface area contributed by atoms with E-state index in [4.69, 9.17) is 16.3 Å². The molecule has 2 aromatic carbocycles. The van der Waals surface area contributed by atoms with Crippen molar-refractivity contribution in [2.75, 3.05) is 56.7 Å². The van der Waals surface area contributed by atoms with Gasteiger partial charge in [-0.15, -0.1) is 0 Å². The van der Waals surface area contributed by atoms with Gasteiger partial charge in [0.1, 0.15) is 5.82 Å². The van der Waals surface area contributed by atoms with Crippen molar-refractivity contribution in [2.45, 2.75) is 18.9 Å². The summed E-state index contributed by atoms with van der Waals surface area (Å²) in [6.07, 6.45) is 2.14. The predicted molar refractivity (Wildman–Crippen MR) is 126 cm³/mol. The summed E-state index contributed by atoms with van der Waals surface area (Å²) in [6, 6.07) is 10.1. The van der Waals surface area contributed by atoms with Crippen molar-refractivity contribution in [3.05, 3.63) is 58.4 Å². The molecule has 7 nitrogen and oxygen atoms in total. The van der Waals surface area contributed by atoms with Gasteiger partial charge in [-0.2, -0.15) is 0 Å². The molecule has 0 aromatic heterocycles. The zero-order valence-electron chi connectivity index (χ0n) is 18.6. The summed E-state index contributed by atoms with van der Waals surface area (Å²) in [5, 5.41) is 5.09. The molecule has 2 heterocycles. The van der Waals surface area contributed by atoms with Crippen LogP contribution in [0, 0.1) is 5.82 Å². The van der Waals surface area contributed by atoms with Gasteiger partial charge in [-0.25, -0.2) is 4.39 Å². The molecule has 2 aliphatic heterocycles. The average Bonchev–Trinajstić information content (AvgIpc) is 2.82. The topological polar surface area (TPSA) is 73.9 Å². The van der Waals surface area contributed by atoms with Crippen LogP contribution >= 0.6 is 11.6 Å². The molecule has 33 heavy (non-hydrogen) atoms. The molecule has 0 radical (unpaired) electrons. The normalized spacial score (nSPS) is 17.2. The van der Waals surface area contributed by atoms with E-state index in [9.17, 15) is 14.0 Å². The highest BCUT2D eigenvalue weighted by Gasteiger charge is 2.26. The lowest BCUT2D eigenvalue weighted by atomic mass is 9.95. The number of hydrogen-bond acceptors (Lipinski definition) is 5. The van der Waals surface area contributed by atoms with E-state index in [-0.39, 0.29) is 23.3 Å². The Hall–Kier alpha value is -2.68. The van der Waals surface area contributed by atoms with Gasteiger partial charge < -0.3 is 20.3 Å². The van der Waals surface area contributed by atoms with E-state index in [1.165, 1.54) is 23.4 Å². The van der Waals surface area contributed by atoms with Gasteiger partial charge >= 0.3 is 11.8 Å². The number of carbonyl (C=O) groups is 2. The van der Waals surface area contributed by atoms with Crippen molar-refractivity contribution in [3.63, 3.8) is 0 Å². The molecule has 0 unspecified atom stereocenters. The van der Waals surface area contributed by atoms with Gasteiger partial charge in [0.05, 0.1) is 24.3 Å². The van der Waals surface area contributed by atoms with Crippen LogP contribution in [0.1, 0.15) is 23.6 Å². The number of fused-ring (bicyclic) bond motifs is 1. The second kappa shape index (κ2) is 10.5. The largest absolute Gasteiger partial charge is 0.379 e. The highest BCUT2D eigenvalue weighted by molar-refractivity contribution is 6.39. The molecule has 0 bridgehead atoms. The Morgan fingerprint density at radius 2 is 1.91 bits per heavy atom. The van der Waals surface area contributed by atoms with Crippen LogP contribution in [0.25, 0.3) is 0 Å². The molecule has 1 saturated heterocycles. The van der Waals surface area contributed by atoms with Crippen LogP contribution in [-0.4, -0.2) is 63.2 Å². The first kappa shape index (κ1) is 23.5. The summed E-state index contributed by atoms with van der Waals surface area (Å²) in [5.74, 6) is -2.18. The second-order valence-corrected chi connectivity index (χ2v) is 8.78. The van der Waals surface area contributed by atoms with Gasteiger partial charge in [0.25, 0.3) is 0 Å². The predicted octanol–water partition coefficient (Wildman–Crippen LogP) is 2.99. The maximum Gasteiger partial charge on any atom is 0.313 e. The van der Waals surface area contributed by atoms with E-state index >= 15 is 0 Å². The first-order valence-corrected chi connectivity index (χ1v) is 11.5. The summed E-state index contributed by atoms with van der Waals surface area (Å²) in [6.45, 7) is 4.08. The van der Waals surface area contributed by atoms with Gasteiger partial charge in [0.15, 0.2) is 0 Å². The van der Waals surface area contributed by atoms with Crippen molar-refractivity contribution in [1.82, 2.24) is 10.2 Å². The molecule has 2 N–H and O–H groups in total. The fraction of sp³-hybridized carbons (Fsp3) is 0.417. The van der Waals surface area contributed by atoms with Gasteiger partial charge in [-0.3, -0.25) is 14.5 Å². The van der Waals surface area contributed by atoms with E-state index in [0.29, 0.717) is 13.2 Å². The second-order valence-electron chi connectivity index (χ2n) is 8.37. The Labute approximate surface area is 197 Å². The van der Waals surface area contributed by atoms with Gasteiger partial charge in [0.2, 0.25) is 0 Å². The number of benzene rings is 2. The molecule has 0 aliphatic carbocycles. The lowest BCUT2D eigenvalue weighted by molar-refractivity contribution is -0.136. The molecule has 0 spiro atoms. The summed E-state index contributed by atoms with van der Waals surface area (Å²) in [7, 11) is 2.10. The first-order chi connectivity index (χ1) is 15.9. The molecule has 176 valence electrons. The fourth-order valence-electron chi connectivity index (χ4n) is 4.39. The summed E-state index contributed by atoms with van der Waals surface area (Å²) < 4.78 is 18.8. The van der Waals surface area contributed by atoms with Crippen LogP contribution in [0.2, 0.25) is 5.02 Å². The number of carbonyl (C=O) groups excluding carboxylic acids is 2. The van der Waals surface area contributed by atoms with Crippen LogP contribution < -0.4 is 15.5 Å². The highest BCUT2D eigenvalue weighted by atomic mass is 35.5. The minimum atomic E-state index is -0.828. The third-order valence-corrected chi connectivity index (χ3v) is 6.45. The first-order valence-electron chi connectivity index (χ1n) is 11.1. The van der Waals surface area contributed by atoms with Crippen molar-refractivity contribution >= 4 is 34.8 Å². The molecule has 2 aromatic rings. The Balaban J connectivity index is 1.46. The summed E-state index contributed by atoms with van der Waals surface area (Å²) >= 11 is 5.75. The van der Waals surface area contributed by atoms with Gasteiger partial charge in [-0.05, 0) is 48.2 Å². The Morgan fingerprint density at radius 1 is 1.12 bits per heavy atom. The van der Waals surface area contributed by atoms with Crippen LogP contribution in [0.15, 0.2) is 36.4 Å². The number of morpholine rings is 1. The molecule has 0 saturated carbocycles. The number of aryl methyl sites for hydroxylation is 1. The third kappa shape index (κ3) is 5.63. The molecule has 2 aliphatic rings. The number of nitrogens with one attached hydrogen (secondary N) is 2. The van der Waals surface area contributed by atoms with Gasteiger partial charge in [-0.1, -0.05) is 23.7 Å². The average molecular weight is 475 g/mol. The number of ether oxygens (including phenoxy) is 1. The number of rotatable bonds is 5. The fourth-order valence-corrected chi connectivity index (χ4v) is 4.57. The smallest absolute Gasteiger partial charge is 0.313 e. The number of amides is 2. The molecule has 1 atom stereocenters. The SMILES string of the molecule is CN1CCCc2cc([C@H](CNC(=O)C(=O)Nc3ccc(F)c(Cl)c3)N3CCOCC3)ccc21. The van der Waals surface area contributed by atoms with Crippen molar-refractivity contribution in [1.29, 1.82) is 0 Å². The van der Waals surface area contributed by atoms with E-state index < -0.39 is 17.6 Å². The molecule has 2 amide bonds. The summed E-state index contributed by atoms with van der Waals surface area (Å²) in [5.41, 5.74) is 3.91. The van der Waals surface area contributed by atoms with Crippen LogP contribution in [0.3, 0.4) is 0 Å². The maximum atomic E-state index is 13.3. The molecular weight excluding hydrogens is 447 g/mol. The molecule has 1 fully saturated rings. The number of halogens is 2. The van der Waals surface area contributed by atoms with E-state index in [1.807, 2.05) is 0 Å². The Kier molecular flexibility index (Phi) is 7.47. The highest BCUT2D eigenvalue weighted by Crippen LogP contribution is 2.31. The third-order valence-electron chi connectivity index (χ3n) is 6.17. The van der Waals surface area contributed by atoms with Crippen LogP contribution in [-0.2, 0) is 20.7 Å². The Morgan fingerprint density at radius 3 is 2.67 bits per heavy atom. The monoisotopic (exact) mass is 474 g/mol. The standard InChI is InChI=1S/C24H28ClFN4O3/c1-29-8-2-3-16-13-17(4-7-21(16)29)22(30-9-11-33-12-10-30)15-27-23(31)24(32)28-18-5-6-20(26)19(25)14-18/h4-7,13-14,22H,2-3,8-12,15H2,1H3,(H,27,31)(H,28,32)/t22-/m0/s1. The van der Waals surface area contributed by atoms with Crippen molar-refractivity contribution in [3.8, 4) is 0 Å². The molecular formula is C24H28ClFN4O3. The lowest BCUT2D eigenvalue weighted by Gasteiger charge is -2.36. The number of hydrogen-bond donors (Lipinski definition) is 2. The molecule has 4 rings (SSSR count). The van der Waals surface area contributed by atoms with Crippen molar-refractivity contribution in [2.24, 2.45) is 0 Å². The van der Waals surface area contributed by atoms with Crippen molar-refractivity contribution < 1.29 is 18.7 Å². The van der Waals surface area contributed by atoms with Gasteiger partial charge in [0, 0.05) is 44.6 Å². The number of nitrogens with zero attached hydrogens (tertiary/aromatic N) is 2. The maximum absolute atomic E-state index is 13.3. The van der Waals surface area contributed by atoms with E-state index in [1.54, 1.807) is 0 Å². The zero-order chi connectivity index (χ0) is 23.4. The minimum absolute atomic E-state index is 0.0801. The van der Waals surface area contributed by atoms with E-state index in [0.717, 1.165) is 44.1 Å². The van der Waals surface area contributed by atoms with E-state index in [2.05, 4.69) is 45.7 Å². The lowest BCUT2D eigenvalue weighted by Crippen LogP contribution is -2.45. The van der Waals surface area contributed by atoms with Crippen LogP contribution in [0.5, 0.6) is 0 Å². The number of anilines is 2. The Bertz CT molecular complexity index is 1030. The summed E-state index contributed by atoms with van der Waals surface area (Å²) in [4.78, 5) is 29.4. The van der Waals surface area contributed by atoms with Crippen LogP contribution in [0.4, 0.5) is 15.8 Å². The quantitative estimate of drug-likeness (QED) is 0.652. The zero-order valence-corrected chi connectivity index (χ0v) is 19.3.